The molecule has 4 heterocycles. The van der Waals surface area contributed by atoms with Crippen molar-refractivity contribution >= 4 is 34.1 Å². The molecule has 3 fully saturated rings. The first-order valence-electron chi connectivity index (χ1n) is 13.7. The summed E-state index contributed by atoms with van der Waals surface area (Å²) >= 11 is 6.44. The third-order valence-corrected chi connectivity index (χ3v) is 8.62. The summed E-state index contributed by atoms with van der Waals surface area (Å²) in [7, 11) is 0. The van der Waals surface area contributed by atoms with E-state index in [1.54, 1.807) is 6.07 Å². The van der Waals surface area contributed by atoms with E-state index in [1.165, 1.54) is 6.07 Å². The second-order valence-electron chi connectivity index (χ2n) is 11.0. The topological polar surface area (TPSA) is 63.4 Å². The van der Waals surface area contributed by atoms with Crippen molar-refractivity contribution in [3.8, 4) is 0 Å². The van der Waals surface area contributed by atoms with Gasteiger partial charge in [-0.2, -0.15) is 0 Å². The smallest absolute Gasteiger partial charge is 0.270 e. The monoisotopic (exact) mass is 541 g/mol. The number of likely N-dealkylation sites (tertiary alicyclic amines) is 2. The minimum Gasteiger partial charge on any atom is -0.380 e. The molecule has 0 aliphatic carbocycles. The molecule has 6 rings (SSSR count). The average Bonchev–Trinajstić information content (AvgIpc) is 3.65. The fraction of sp³-hybridized carbons (Fsp3) is 0.483. The lowest BCUT2D eigenvalue weighted by Crippen LogP contribution is -2.35. The Morgan fingerprint density at radius 2 is 1.84 bits per heavy atom. The van der Waals surface area contributed by atoms with Crippen LogP contribution in [0, 0.1) is 17.6 Å². The molecule has 0 saturated carbocycles. The lowest BCUT2D eigenvalue weighted by atomic mass is 9.88. The highest BCUT2D eigenvalue weighted by Gasteiger charge is 2.39. The number of piperidine rings is 1. The number of rotatable bonds is 6. The van der Waals surface area contributed by atoms with Crippen molar-refractivity contribution in [1.29, 1.82) is 0 Å². The van der Waals surface area contributed by atoms with Crippen LogP contribution in [0.1, 0.15) is 47.7 Å². The van der Waals surface area contributed by atoms with Gasteiger partial charge in [-0.05, 0) is 87.6 Å². The molecule has 1 aromatic heterocycles. The fourth-order valence-electron chi connectivity index (χ4n) is 6.47. The number of carbonyl (C=O) groups is 1. The molecule has 0 spiro atoms. The van der Waals surface area contributed by atoms with Crippen LogP contribution in [0.25, 0.3) is 10.9 Å². The highest BCUT2D eigenvalue weighted by atomic mass is 35.5. The summed E-state index contributed by atoms with van der Waals surface area (Å²) in [6.07, 6.45) is 4.37. The Kier molecular flexibility index (Phi) is 7.29. The van der Waals surface area contributed by atoms with Gasteiger partial charge in [0, 0.05) is 48.1 Å². The number of carbonyl (C=O) groups excluding carboxylic acids is 1. The molecule has 6 nitrogen and oxygen atoms in total. The first kappa shape index (κ1) is 25.6. The fourth-order valence-corrected chi connectivity index (χ4v) is 6.69. The number of benzene rings is 2. The summed E-state index contributed by atoms with van der Waals surface area (Å²) in [6, 6.07) is 9.79. The van der Waals surface area contributed by atoms with Crippen molar-refractivity contribution < 1.29 is 13.6 Å². The van der Waals surface area contributed by atoms with Crippen molar-refractivity contribution in [2.24, 2.45) is 5.92 Å². The first-order chi connectivity index (χ1) is 18.4. The number of anilines is 1. The van der Waals surface area contributed by atoms with Gasteiger partial charge in [0.05, 0.1) is 11.2 Å². The Balaban J connectivity index is 1.26. The van der Waals surface area contributed by atoms with E-state index in [2.05, 4.69) is 20.5 Å². The van der Waals surface area contributed by atoms with E-state index in [1.807, 2.05) is 23.1 Å². The van der Waals surface area contributed by atoms with E-state index in [0.717, 1.165) is 81.1 Å². The van der Waals surface area contributed by atoms with E-state index in [9.17, 15) is 13.6 Å². The number of H-pyrrole nitrogens is 1. The van der Waals surface area contributed by atoms with E-state index in [-0.39, 0.29) is 17.7 Å². The number of nitrogens with zero attached hydrogens (tertiary/aromatic N) is 2. The zero-order valence-corrected chi connectivity index (χ0v) is 22.2. The zero-order valence-electron chi connectivity index (χ0n) is 21.4. The largest absolute Gasteiger partial charge is 0.380 e. The van der Waals surface area contributed by atoms with Gasteiger partial charge in [0.2, 0.25) is 0 Å². The second-order valence-corrected chi connectivity index (χ2v) is 11.5. The van der Waals surface area contributed by atoms with Gasteiger partial charge in [0.1, 0.15) is 17.3 Å². The average molecular weight is 542 g/mol. The third-order valence-electron chi connectivity index (χ3n) is 8.40. The zero-order chi connectivity index (χ0) is 26.2. The Morgan fingerprint density at radius 3 is 2.61 bits per heavy atom. The first-order valence-corrected chi connectivity index (χ1v) is 14.1. The summed E-state index contributed by atoms with van der Waals surface area (Å²) in [4.78, 5) is 21.3. The molecule has 0 unspecified atom stereocenters. The molecule has 3 aliphatic heterocycles. The van der Waals surface area contributed by atoms with E-state index in [4.69, 9.17) is 11.6 Å². The molecule has 0 bridgehead atoms. The Labute approximate surface area is 226 Å². The van der Waals surface area contributed by atoms with Crippen molar-refractivity contribution in [2.45, 2.75) is 37.6 Å². The number of aromatic amines is 1. The molecule has 202 valence electrons. The van der Waals surface area contributed by atoms with Crippen molar-refractivity contribution in [3.05, 3.63) is 64.3 Å². The van der Waals surface area contributed by atoms with Gasteiger partial charge in [-0.1, -0.05) is 17.7 Å². The van der Waals surface area contributed by atoms with Crippen LogP contribution in [0.5, 0.6) is 0 Å². The minimum absolute atomic E-state index is 0.0768. The van der Waals surface area contributed by atoms with Crippen LogP contribution in [0.2, 0.25) is 5.02 Å². The Bertz CT molecular complexity index is 1320. The highest BCUT2D eigenvalue weighted by Crippen LogP contribution is 2.37. The van der Waals surface area contributed by atoms with E-state index in [0.29, 0.717) is 35.4 Å². The lowest BCUT2D eigenvalue weighted by Gasteiger charge is -2.25. The molecule has 2 atom stereocenters. The quantitative estimate of drug-likeness (QED) is 0.401. The maximum absolute atomic E-state index is 14.9. The van der Waals surface area contributed by atoms with Crippen molar-refractivity contribution in [1.82, 2.24) is 20.1 Å². The number of halogens is 3. The molecule has 9 heteroatoms. The molecule has 3 aromatic rings. The predicted octanol–water partition coefficient (Wildman–Crippen LogP) is 5.22. The molecule has 2 aromatic carbocycles. The third kappa shape index (κ3) is 5.26. The normalized spacial score (nSPS) is 23.0. The predicted molar refractivity (Wildman–Crippen MR) is 147 cm³/mol. The van der Waals surface area contributed by atoms with Gasteiger partial charge in [-0.15, -0.1) is 0 Å². The van der Waals surface area contributed by atoms with Gasteiger partial charge in [-0.3, -0.25) is 4.79 Å². The summed E-state index contributed by atoms with van der Waals surface area (Å²) in [5, 5.41) is 8.49. The molecule has 0 radical (unpaired) electrons. The van der Waals surface area contributed by atoms with E-state index < -0.39 is 11.6 Å². The Hall–Kier alpha value is -2.68. The van der Waals surface area contributed by atoms with Gasteiger partial charge >= 0.3 is 0 Å². The van der Waals surface area contributed by atoms with Crippen LogP contribution in [-0.4, -0.2) is 72.5 Å². The van der Waals surface area contributed by atoms with Gasteiger partial charge < -0.3 is 25.4 Å². The summed E-state index contributed by atoms with van der Waals surface area (Å²) < 4.78 is 28.5. The number of fused-ring (bicyclic) bond motifs is 1. The highest BCUT2D eigenvalue weighted by molar-refractivity contribution is 6.32. The van der Waals surface area contributed by atoms with Crippen LogP contribution >= 0.6 is 11.6 Å². The molecule has 38 heavy (non-hydrogen) atoms. The number of hydrogen-bond acceptors (Lipinski definition) is 4. The maximum Gasteiger partial charge on any atom is 0.270 e. The molecule has 3 saturated heterocycles. The number of hydrogen-bond donors (Lipinski definition) is 3. The summed E-state index contributed by atoms with van der Waals surface area (Å²) in [6.45, 7) is 5.73. The van der Waals surface area contributed by atoms with Crippen molar-refractivity contribution in [2.75, 3.05) is 51.1 Å². The van der Waals surface area contributed by atoms with Crippen LogP contribution in [0.15, 0.2) is 36.4 Å². The van der Waals surface area contributed by atoms with Crippen LogP contribution in [-0.2, 0) is 0 Å². The number of nitrogens with one attached hydrogen (secondary N) is 3. The van der Waals surface area contributed by atoms with Gasteiger partial charge in [0.15, 0.2) is 0 Å². The molecule has 3 aliphatic rings. The second kappa shape index (κ2) is 10.8. The van der Waals surface area contributed by atoms with Crippen LogP contribution in [0.4, 0.5) is 14.5 Å². The van der Waals surface area contributed by atoms with Crippen molar-refractivity contribution in [3.63, 3.8) is 0 Å². The van der Waals surface area contributed by atoms with Gasteiger partial charge in [-0.25, -0.2) is 8.78 Å². The SMILES string of the molecule is O=C(c1cc2cc(Cl)cc(NC3CCNCC3)c2[nH]1)N1C[C@@H](CN2CCCC2)[C@H](c2ccc(F)cc2F)C1. The molecule has 1 amide bonds. The lowest BCUT2D eigenvalue weighted by molar-refractivity contribution is 0.0778. The van der Waals surface area contributed by atoms with Crippen LogP contribution < -0.4 is 10.6 Å². The standard InChI is InChI=1S/C29H34ClF2N5O/c30-20-11-18-12-27(35-28(18)26(13-20)34-22-5-7-33-8-6-22)29(38)37-16-19(15-36-9-1-2-10-36)24(17-37)23-4-3-21(31)14-25(23)32/h3-4,11-14,19,22,24,33-35H,1-2,5-10,15-17H2/t19-,24-/m1/s1. The molecular formula is C29H34ClF2N5O. The molecule has 3 N–H and O–H groups in total. The number of amides is 1. The summed E-state index contributed by atoms with van der Waals surface area (Å²) in [5.74, 6) is -1.34. The molecular weight excluding hydrogens is 508 g/mol. The maximum atomic E-state index is 14.9. The van der Waals surface area contributed by atoms with E-state index >= 15 is 0 Å². The summed E-state index contributed by atoms with van der Waals surface area (Å²) in [5.41, 5.74) is 2.75. The number of aromatic nitrogens is 1. The Morgan fingerprint density at radius 1 is 1.05 bits per heavy atom. The minimum atomic E-state index is -0.584. The van der Waals surface area contributed by atoms with Gasteiger partial charge in [0.25, 0.3) is 5.91 Å². The van der Waals surface area contributed by atoms with Crippen LogP contribution in [0.3, 0.4) is 0 Å².